The summed E-state index contributed by atoms with van der Waals surface area (Å²) in [6, 6.07) is 10.0. The van der Waals surface area contributed by atoms with Crippen LogP contribution in [0.1, 0.15) is 32.4 Å². The molecule has 6 heteroatoms. The number of hydrogen-bond acceptors (Lipinski definition) is 4. The van der Waals surface area contributed by atoms with Crippen molar-refractivity contribution >= 4 is 29.7 Å². The maximum atomic E-state index is 12.0. The molecule has 1 unspecified atom stereocenters. The minimum atomic E-state index is -0.812. The molecule has 1 amide bonds. The molecule has 0 spiro atoms. The fraction of sp³-hybridized carbons (Fsp3) is 0.375. The Morgan fingerprint density at radius 3 is 2.68 bits per heavy atom. The third-order valence-corrected chi connectivity index (χ3v) is 4.23. The van der Waals surface area contributed by atoms with E-state index in [2.05, 4.69) is 10.3 Å². The molecule has 22 heavy (non-hydrogen) atoms. The second-order valence-electron chi connectivity index (χ2n) is 5.36. The molecule has 4 nitrogen and oxygen atoms in total. The van der Waals surface area contributed by atoms with Crippen molar-refractivity contribution in [1.29, 1.82) is 0 Å². The summed E-state index contributed by atoms with van der Waals surface area (Å²) in [5.74, 6) is -0.126. The van der Waals surface area contributed by atoms with Crippen LogP contribution in [0.5, 0.6) is 0 Å². The molecule has 1 aromatic carbocycles. The topological polar surface area (TPSA) is 68.0 Å². The third kappa shape index (κ3) is 4.80. The molecule has 0 aliphatic rings. The SMILES string of the molecule is CCCC(C)(N)C(=O)NCc1csc(-c2ccccc2)n1.Cl. The van der Waals surface area contributed by atoms with Crippen LogP contribution in [-0.4, -0.2) is 16.4 Å². The van der Waals surface area contributed by atoms with Crippen LogP contribution in [0.4, 0.5) is 0 Å². The van der Waals surface area contributed by atoms with Gasteiger partial charge in [0, 0.05) is 10.9 Å². The molecule has 0 aliphatic heterocycles. The molecular weight excluding hydrogens is 318 g/mol. The summed E-state index contributed by atoms with van der Waals surface area (Å²) in [6.45, 7) is 4.20. The van der Waals surface area contributed by atoms with E-state index in [1.54, 1.807) is 18.3 Å². The summed E-state index contributed by atoms with van der Waals surface area (Å²) >= 11 is 1.58. The predicted molar refractivity (Wildman–Crippen MR) is 94.1 cm³/mol. The number of thiazole rings is 1. The Morgan fingerprint density at radius 1 is 1.36 bits per heavy atom. The average molecular weight is 340 g/mol. The van der Waals surface area contributed by atoms with Crippen molar-refractivity contribution in [3.8, 4) is 10.6 Å². The van der Waals surface area contributed by atoms with E-state index in [1.165, 1.54) is 0 Å². The van der Waals surface area contributed by atoms with Crippen LogP contribution in [0.25, 0.3) is 10.6 Å². The zero-order chi connectivity index (χ0) is 15.3. The molecule has 0 saturated heterocycles. The first kappa shape index (κ1) is 18.6. The molecule has 2 rings (SSSR count). The molecule has 0 aliphatic carbocycles. The minimum Gasteiger partial charge on any atom is -0.349 e. The molecule has 1 heterocycles. The lowest BCUT2D eigenvalue weighted by Crippen LogP contribution is -2.51. The van der Waals surface area contributed by atoms with Gasteiger partial charge in [-0.1, -0.05) is 43.7 Å². The standard InChI is InChI=1S/C16H21N3OS.ClH/c1-3-9-16(2,17)15(20)18-10-13-11-21-14(19-13)12-7-5-4-6-8-12;/h4-8,11H,3,9-10,17H2,1-2H3,(H,18,20);1H. The highest BCUT2D eigenvalue weighted by Gasteiger charge is 2.26. The first-order valence-corrected chi connectivity index (χ1v) is 7.98. The van der Waals surface area contributed by atoms with Gasteiger partial charge in [0.05, 0.1) is 17.8 Å². The smallest absolute Gasteiger partial charge is 0.240 e. The van der Waals surface area contributed by atoms with Gasteiger partial charge in [-0.25, -0.2) is 4.98 Å². The first-order valence-electron chi connectivity index (χ1n) is 7.10. The number of rotatable bonds is 6. The van der Waals surface area contributed by atoms with Gasteiger partial charge in [-0.15, -0.1) is 23.7 Å². The Hall–Kier alpha value is -1.43. The number of amides is 1. The monoisotopic (exact) mass is 339 g/mol. The Labute approximate surface area is 141 Å². The van der Waals surface area contributed by atoms with E-state index in [1.807, 2.05) is 42.6 Å². The van der Waals surface area contributed by atoms with E-state index >= 15 is 0 Å². The summed E-state index contributed by atoms with van der Waals surface area (Å²) in [4.78, 5) is 16.6. The number of benzene rings is 1. The van der Waals surface area contributed by atoms with Crippen molar-refractivity contribution in [2.75, 3.05) is 0 Å². The fourth-order valence-corrected chi connectivity index (χ4v) is 2.93. The van der Waals surface area contributed by atoms with Crippen molar-refractivity contribution in [2.24, 2.45) is 5.73 Å². The average Bonchev–Trinajstić information content (AvgIpc) is 2.94. The van der Waals surface area contributed by atoms with Crippen LogP contribution in [0.15, 0.2) is 35.7 Å². The van der Waals surface area contributed by atoms with Crippen LogP contribution in [0.3, 0.4) is 0 Å². The molecule has 0 bridgehead atoms. The molecule has 2 aromatic rings. The van der Waals surface area contributed by atoms with E-state index in [9.17, 15) is 4.79 Å². The van der Waals surface area contributed by atoms with Crippen molar-refractivity contribution < 1.29 is 4.79 Å². The first-order chi connectivity index (χ1) is 10.0. The lowest BCUT2D eigenvalue weighted by Gasteiger charge is -2.22. The van der Waals surface area contributed by atoms with Crippen LogP contribution in [-0.2, 0) is 11.3 Å². The van der Waals surface area contributed by atoms with Crippen molar-refractivity contribution in [3.63, 3.8) is 0 Å². The number of aromatic nitrogens is 1. The molecule has 0 saturated carbocycles. The summed E-state index contributed by atoms with van der Waals surface area (Å²) in [6.07, 6.45) is 1.56. The lowest BCUT2D eigenvalue weighted by atomic mass is 9.96. The summed E-state index contributed by atoms with van der Waals surface area (Å²) in [5.41, 5.74) is 7.14. The zero-order valence-electron chi connectivity index (χ0n) is 12.8. The molecule has 120 valence electrons. The highest BCUT2D eigenvalue weighted by atomic mass is 35.5. The zero-order valence-corrected chi connectivity index (χ0v) is 14.5. The predicted octanol–water partition coefficient (Wildman–Crippen LogP) is 3.37. The largest absolute Gasteiger partial charge is 0.349 e. The van der Waals surface area contributed by atoms with Crippen molar-refractivity contribution in [2.45, 2.75) is 38.8 Å². The van der Waals surface area contributed by atoms with Gasteiger partial charge < -0.3 is 11.1 Å². The molecule has 1 aromatic heterocycles. The Kier molecular flexibility index (Phi) is 7.00. The van der Waals surface area contributed by atoms with E-state index < -0.39 is 5.54 Å². The van der Waals surface area contributed by atoms with Gasteiger partial charge in [-0.2, -0.15) is 0 Å². The van der Waals surface area contributed by atoms with Gasteiger partial charge in [0.2, 0.25) is 5.91 Å². The number of hydrogen-bond donors (Lipinski definition) is 2. The van der Waals surface area contributed by atoms with Gasteiger partial charge in [-0.3, -0.25) is 4.79 Å². The van der Waals surface area contributed by atoms with Crippen molar-refractivity contribution in [1.82, 2.24) is 10.3 Å². The normalized spacial score (nSPS) is 13.0. The third-order valence-electron chi connectivity index (χ3n) is 3.29. The van der Waals surface area contributed by atoms with E-state index in [4.69, 9.17) is 5.73 Å². The number of nitrogens with two attached hydrogens (primary N) is 1. The maximum Gasteiger partial charge on any atom is 0.240 e. The number of nitrogens with zero attached hydrogens (tertiary/aromatic N) is 1. The quantitative estimate of drug-likeness (QED) is 0.847. The van der Waals surface area contributed by atoms with Crippen LogP contribution in [0.2, 0.25) is 0 Å². The van der Waals surface area contributed by atoms with Crippen LogP contribution < -0.4 is 11.1 Å². The Morgan fingerprint density at radius 2 is 2.05 bits per heavy atom. The van der Waals surface area contributed by atoms with E-state index in [0.29, 0.717) is 13.0 Å². The molecule has 0 radical (unpaired) electrons. The number of nitrogens with one attached hydrogen (secondary N) is 1. The lowest BCUT2D eigenvalue weighted by molar-refractivity contribution is -0.126. The second kappa shape index (κ2) is 8.27. The van der Waals surface area contributed by atoms with Crippen molar-refractivity contribution in [3.05, 3.63) is 41.4 Å². The van der Waals surface area contributed by atoms with E-state index in [0.717, 1.165) is 22.7 Å². The van der Waals surface area contributed by atoms with Crippen LogP contribution >= 0.6 is 23.7 Å². The van der Waals surface area contributed by atoms with Gasteiger partial charge in [0.25, 0.3) is 0 Å². The van der Waals surface area contributed by atoms with Gasteiger partial charge in [0.1, 0.15) is 5.01 Å². The van der Waals surface area contributed by atoms with E-state index in [-0.39, 0.29) is 18.3 Å². The van der Waals surface area contributed by atoms with Crippen LogP contribution in [0, 0.1) is 0 Å². The number of carbonyl (C=O) groups excluding carboxylic acids is 1. The number of carbonyl (C=O) groups is 1. The second-order valence-corrected chi connectivity index (χ2v) is 6.22. The molecule has 1 atom stereocenters. The van der Waals surface area contributed by atoms with Gasteiger partial charge in [-0.05, 0) is 13.3 Å². The fourth-order valence-electron chi connectivity index (χ4n) is 2.11. The molecule has 0 fully saturated rings. The highest BCUT2D eigenvalue weighted by molar-refractivity contribution is 7.13. The van der Waals surface area contributed by atoms with Gasteiger partial charge in [0.15, 0.2) is 0 Å². The molecule has 3 N–H and O–H groups in total. The Balaban J connectivity index is 0.00000242. The highest BCUT2D eigenvalue weighted by Crippen LogP contribution is 2.23. The number of halogens is 1. The minimum absolute atomic E-state index is 0. The summed E-state index contributed by atoms with van der Waals surface area (Å²) in [5, 5.41) is 5.80. The maximum absolute atomic E-state index is 12.0. The summed E-state index contributed by atoms with van der Waals surface area (Å²) < 4.78 is 0. The van der Waals surface area contributed by atoms with Gasteiger partial charge >= 0.3 is 0 Å². The molecular formula is C16H22ClN3OS. The summed E-state index contributed by atoms with van der Waals surface area (Å²) in [7, 11) is 0. The Bertz CT molecular complexity index is 598.